The van der Waals surface area contributed by atoms with Crippen LogP contribution >= 0.6 is 0 Å². The maximum absolute atomic E-state index is 13.0. The molecule has 2 N–H and O–H groups in total. The van der Waals surface area contributed by atoms with Gasteiger partial charge in [-0.15, -0.1) is 0 Å². The monoisotopic (exact) mass is 506 g/mol. The maximum Gasteiger partial charge on any atom is 0.299 e. The molecule has 1 amide bonds. The molecule has 0 saturated carbocycles. The number of Topliss-reactive ketones (excluding diaryl/α,β-unsaturated/α-hetero) is 1. The molecule has 1 aliphatic rings. The molecule has 38 heavy (non-hydrogen) atoms. The van der Waals surface area contributed by atoms with Gasteiger partial charge in [0.1, 0.15) is 22.9 Å². The van der Waals surface area contributed by atoms with E-state index < -0.39 is 0 Å². The molecule has 0 spiro atoms. The Morgan fingerprint density at radius 2 is 1.92 bits per heavy atom. The average Bonchev–Trinajstić information content (AvgIpc) is 3.55. The molecule has 1 fully saturated rings. The summed E-state index contributed by atoms with van der Waals surface area (Å²) < 4.78 is 1.92. The highest BCUT2D eigenvalue weighted by atomic mass is 16.2. The lowest BCUT2D eigenvalue weighted by atomic mass is 10.00. The zero-order valence-corrected chi connectivity index (χ0v) is 21.8. The number of carbonyl (C=O) groups excluding carboxylic acids is 2. The summed E-state index contributed by atoms with van der Waals surface area (Å²) in [7, 11) is 0. The van der Waals surface area contributed by atoms with Crippen molar-refractivity contribution in [3.05, 3.63) is 77.6 Å². The molecule has 1 atom stereocenters. The number of nitrogen functional groups attached to an aromatic ring is 1. The van der Waals surface area contributed by atoms with Gasteiger partial charge in [-0.3, -0.25) is 19.0 Å². The predicted molar refractivity (Wildman–Crippen MR) is 146 cm³/mol. The summed E-state index contributed by atoms with van der Waals surface area (Å²) in [5.41, 5.74) is 11.0. The zero-order valence-electron chi connectivity index (χ0n) is 21.8. The molecule has 1 aliphatic heterocycles. The van der Waals surface area contributed by atoms with Gasteiger partial charge >= 0.3 is 0 Å². The number of rotatable bonds is 6. The minimum Gasteiger partial charge on any atom is -0.382 e. The van der Waals surface area contributed by atoms with E-state index in [0.29, 0.717) is 35.1 Å². The Hall–Kier alpha value is -4.51. The zero-order chi connectivity index (χ0) is 26.8. The van der Waals surface area contributed by atoms with Crippen LogP contribution in [0.15, 0.2) is 55.0 Å². The topological polar surface area (TPSA) is 106 Å². The van der Waals surface area contributed by atoms with Crippen LogP contribution in [-0.2, 0) is 11.2 Å². The highest BCUT2D eigenvalue weighted by molar-refractivity contribution is 5.98. The van der Waals surface area contributed by atoms with Crippen molar-refractivity contribution in [2.45, 2.75) is 52.0 Å². The van der Waals surface area contributed by atoms with Gasteiger partial charge in [0.25, 0.3) is 5.91 Å². The lowest BCUT2D eigenvalue weighted by Crippen LogP contribution is -2.30. The number of anilines is 1. The van der Waals surface area contributed by atoms with Crippen molar-refractivity contribution in [1.29, 1.82) is 0 Å². The summed E-state index contributed by atoms with van der Waals surface area (Å²) in [6.45, 7) is 6.53. The molecular formula is C30H30N6O2. The van der Waals surface area contributed by atoms with Crippen LogP contribution in [0.4, 0.5) is 5.82 Å². The Bertz CT molecular complexity index is 1580. The molecule has 1 aromatic carbocycles. The van der Waals surface area contributed by atoms with Gasteiger partial charge in [0.05, 0.1) is 12.5 Å². The van der Waals surface area contributed by atoms with Gasteiger partial charge in [-0.1, -0.05) is 44.0 Å². The normalized spacial score (nSPS) is 15.1. The predicted octanol–water partition coefficient (Wildman–Crippen LogP) is 4.61. The van der Waals surface area contributed by atoms with E-state index in [1.807, 2.05) is 47.0 Å². The van der Waals surface area contributed by atoms with E-state index in [2.05, 4.69) is 35.7 Å². The summed E-state index contributed by atoms with van der Waals surface area (Å²) in [5.74, 6) is 6.60. The Morgan fingerprint density at radius 3 is 2.66 bits per heavy atom. The van der Waals surface area contributed by atoms with Crippen molar-refractivity contribution < 1.29 is 9.59 Å². The number of hydrogen-bond donors (Lipinski definition) is 1. The summed E-state index contributed by atoms with van der Waals surface area (Å²) >= 11 is 0. The standard InChI is InChI=1S/C30H30N6O2/c1-4-6-26(38)35-15-5-7-24(35)30-34-27(28-29(31)33-14-16-36(28)30)21-10-8-20(9-11-21)25(37)18-23-17-22(19(2)3)12-13-32-23/h8-14,16-17,19,24H,5,7,15,18H2,1-3H3,(H2,31,33)/t24-/m0/s1. The Kier molecular flexibility index (Phi) is 6.93. The minimum atomic E-state index is -0.207. The van der Waals surface area contributed by atoms with Crippen LogP contribution < -0.4 is 5.73 Å². The molecule has 1 saturated heterocycles. The SMILES string of the molecule is CC#CC(=O)N1CCC[C@H]1c1nc(-c2ccc(C(=O)Cc3cc(C(C)C)ccn3)cc2)c2c(N)nccn12. The highest BCUT2D eigenvalue weighted by Gasteiger charge is 2.33. The van der Waals surface area contributed by atoms with E-state index in [1.165, 1.54) is 0 Å². The lowest BCUT2D eigenvalue weighted by molar-refractivity contribution is -0.126. The first kappa shape index (κ1) is 25.2. The fourth-order valence-corrected chi connectivity index (χ4v) is 5.01. The second-order valence-electron chi connectivity index (χ2n) is 9.79. The molecule has 8 heteroatoms. The molecule has 0 unspecified atom stereocenters. The van der Waals surface area contributed by atoms with Crippen LogP contribution in [0.5, 0.6) is 0 Å². The van der Waals surface area contributed by atoms with Crippen LogP contribution in [0, 0.1) is 11.8 Å². The quantitative estimate of drug-likeness (QED) is 0.302. The van der Waals surface area contributed by atoms with E-state index in [1.54, 1.807) is 24.2 Å². The van der Waals surface area contributed by atoms with Crippen LogP contribution in [0.1, 0.15) is 73.0 Å². The Labute approximate surface area is 221 Å². The first-order chi connectivity index (χ1) is 18.4. The Balaban J connectivity index is 1.46. The molecule has 8 nitrogen and oxygen atoms in total. The van der Waals surface area contributed by atoms with E-state index in [4.69, 9.17) is 10.7 Å². The number of hydrogen-bond acceptors (Lipinski definition) is 6. The summed E-state index contributed by atoms with van der Waals surface area (Å²) in [4.78, 5) is 41.0. The van der Waals surface area contributed by atoms with Crippen LogP contribution in [0.25, 0.3) is 16.8 Å². The number of imidazole rings is 1. The minimum absolute atomic E-state index is 0.00123. The molecule has 4 heterocycles. The number of likely N-dealkylation sites (tertiary alicyclic amines) is 1. The van der Waals surface area contributed by atoms with E-state index in [-0.39, 0.29) is 24.2 Å². The van der Waals surface area contributed by atoms with Gasteiger partial charge < -0.3 is 10.6 Å². The van der Waals surface area contributed by atoms with E-state index in [0.717, 1.165) is 35.5 Å². The van der Waals surface area contributed by atoms with E-state index in [9.17, 15) is 9.59 Å². The third-order valence-electron chi connectivity index (χ3n) is 6.98. The third kappa shape index (κ3) is 4.75. The second-order valence-corrected chi connectivity index (χ2v) is 9.79. The molecule has 0 radical (unpaired) electrons. The molecule has 0 bridgehead atoms. The summed E-state index contributed by atoms with van der Waals surface area (Å²) in [5, 5.41) is 0. The van der Waals surface area contributed by atoms with Gasteiger partial charge in [-0.2, -0.15) is 0 Å². The third-order valence-corrected chi connectivity index (χ3v) is 6.98. The largest absolute Gasteiger partial charge is 0.382 e. The fraction of sp³-hybridized carbons (Fsp3) is 0.300. The van der Waals surface area contributed by atoms with Gasteiger partial charge in [-0.25, -0.2) is 9.97 Å². The first-order valence-corrected chi connectivity index (χ1v) is 12.8. The lowest BCUT2D eigenvalue weighted by Gasteiger charge is -2.21. The molecular weight excluding hydrogens is 476 g/mol. The number of nitrogens with zero attached hydrogens (tertiary/aromatic N) is 5. The van der Waals surface area contributed by atoms with Gasteiger partial charge in [0.2, 0.25) is 0 Å². The van der Waals surface area contributed by atoms with Crippen molar-refractivity contribution in [3.8, 4) is 23.1 Å². The number of aromatic nitrogens is 4. The molecule has 3 aromatic heterocycles. The molecule has 4 aromatic rings. The number of ketones is 1. The van der Waals surface area contributed by atoms with E-state index >= 15 is 0 Å². The summed E-state index contributed by atoms with van der Waals surface area (Å²) in [6.07, 6.45) is 7.11. The number of benzene rings is 1. The number of amides is 1. The molecule has 0 aliphatic carbocycles. The molecule has 192 valence electrons. The molecule has 5 rings (SSSR count). The second kappa shape index (κ2) is 10.5. The van der Waals surface area contributed by atoms with Crippen molar-refractivity contribution in [2.75, 3.05) is 12.3 Å². The van der Waals surface area contributed by atoms with Gasteiger partial charge in [0.15, 0.2) is 5.78 Å². The van der Waals surface area contributed by atoms with Crippen molar-refractivity contribution >= 4 is 23.0 Å². The number of nitrogens with two attached hydrogens (primary N) is 1. The fourth-order valence-electron chi connectivity index (χ4n) is 5.01. The van der Waals surface area contributed by atoms with Crippen molar-refractivity contribution in [3.63, 3.8) is 0 Å². The first-order valence-electron chi connectivity index (χ1n) is 12.8. The smallest absolute Gasteiger partial charge is 0.299 e. The summed E-state index contributed by atoms with van der Waals surface area (Å²) in [6, 6.07) is 11.1. The van der Waals surface area contributed by atoms with Crippen molar-refractivity contribution in [1.82, 2.24) is 24.3 Å². The van der Waals surface area contributed by atoms with Crippen LogP contribution in [0.2, 0.25) is 0 Å². The number of carbonyl (C=O) groups is 2. The van der Waals surface area contributed by atoms with Crippen LogP contribution in [0.3, 0.4) is 0 Å². The Morgan fingerprint density at radius 1 is 1.13 bits per heavy atom. The number of pyridine rings is 1. The van der Waals surface area contributed by atoms with Crippen molar-refractivity contribution in [2.24, 2.45) is 0 Å². The maximum atomic E-state index is 13.0. The average molecular weight is 507 g/mol. The van der Waals surface area contributed by atoms with Gasteiger partial charge in [-0.05, 0) is 49.3 Å². The number of fused-ring (bicyclic) bond motifs is 1. The highest BCUT2D eigenvalue weighted by Crippen LogP contribution is 2.36. The van der Waals surface area contributed by atoms with Crippen LogP contribution in [-0.4, -0.2) is 42.5 Å². The van der Waals surface area contributed by atoms with Gasteiger partial charge in [0, 0.05) is 42.0 Å².